The molecule has 0 radical (unpaired) electrons. The Hall–Kier alpha value is -2.74. The van der Waals surface area contributed by atoms with E-state index in [1.165, 1.54) is 6.20 Å². The van der Waals surface area contributed by atoms with Crippen molar-refractivity contribution in [3.8, 4) is 22.4 Å². The number of hydrogen-bond acceptors (Lipinski definition) is 3. The summed E-state index contributed by atoms with van der Waals surface area (Å²) in [6.07, 6.45) is -1.56. The first-order valence-corrected chi connectivity index (χ1v) is 8.77. The average molecular weight is 433 g/mol. The van der Waals surface area contributed by atoms with Gasteiger partial charge in [-0.05, 0) is 42.8 Å². The lowest BCUT2D eigenvalue weighted by atomic mass is 10.1. The Morgan fingerprint density at radius 3 is 2.41 bits per heavy atom. The molecule has 4 aromatic rings. The predicted octanol–water partition coefficient (Wildman–Crippen LogP) is 5.55. The van der Waals surface area contributed by atoms with E-state index in [4.69, 9.17) is 0 Å². The van der Waals surface area contributed by atoms with Gasteiger partial charge in [-0.25, -0.2) is 9.50 Å². The van der Waals surface area contributed by atoms with Crippen LogP contribution >= 0.6 is 15.9 Å². The van der Waals surface area contributed by atoms with Gasteiger partial charge < -0.3 is 0 Å². The van der Waals surface area contributed by atoms with E-state index in [2.05, 4.69) is 31.0 Å². The summed E-state index contributed by atoms with van der Waals surface area (Å²) in [6, 6.07) is 11.5. The van der Waals surface area contributed by atoms with Gasteiger partial charge in [0, 0.05) is 27.5 Å². The number of alkyl halides is 3. The van der Waals surface area contributed by atoms with E-state index in [1.807, 2.05) is 6.92 Å². The van der Waals surface area contributed by atoms with Crippen LogP contribution < -0.4 is 0 Å². The van der Waals surface area contributed by atoms with E-state index in [0.717, 1.165) is 20.7 Å². The van der Waals surface area contributed by atoms with E-state index in [-0.39, 0.29) is 11.3 Å². The summed E-state index contributed by atoms with van der Waals surface area (Å²) in [6.45, 7) is 1.82. The molecule has 136 valence electrons. The Morgan fingerprint density at radius 2 is 1.74 bits per heavy atom. The van der Waals surface area contributed by atoms with Crippen molar-refractivity contribution in [2.75, 3.05) is 0 Å². The highest BCUT2D eigenvalue weighted by Gasteiger charge is 2.35. The molecule has 0 aliphatic rings. The van der Waals surface area contributed by atoms with Crippen LogP contribution in [-0.2, 0) is 6.18 Å². The third-order valence-corrected chi connectivity index (χ3v) is 4.64. The number of rotatable bonds is 2. The molecule has 27 heavy (non-hydrogen) atoms. The zero-order valence-electron chi connectivity index (χ0n) is 14.0. The number of benzene rings is 1. The van der Waals surface area contributed by atoms with Gasteiger partial charge in [0.1, 0.15) is 0 Å². The molecule has 0 saturated heterocycles. The molecule has 0 bridgehead atoms. The van der Waals surface area contributed by atoms with Crippen LogP contribution in [0.5, 0.6) is 0 Å². The fraction of sp³-hybridized carbons (Fsp3) is 0.105. The fourth-order valence-corrected chi connectivity index (χ4v) is 3.11. The van der Waals surface area contributed by atoms with Crippen molar-refractivity contribution in [2.45, 2.75) is 13.1 Å². The molecule has 0 aliphatic carbocycles. The van der Waals surface area contributed by atoms with E-state index in [9.17, 15) is 13.2 Å². The molecule has 0 unspecified atom stereocenters. The van der Waals surface area contributed by atoms with E-state index in [1.54, 1.807) is 42.6 Å². The molecule has 4 rings (SSSR count). The molecule has 3 heterocycles. The summed E-state index contributed by atoms with van der Waals surface area (Å²) in [4.78, 5) is 8.61. The van der Waals surface area contributed by atoms with Crippen LogP contribution in [-0.4, -0.2) is 19.6 Å². The van der Waals surface area contributed by atoms with Gasteiger partial charge in [-0.15, -0.1) is 0 Å². The zero-order chi connectivity index (χ0) is 19.2. The molecule has 0 aliphatic heterocycles. The first kappa shape index (κ1) is 17.7. The minimum absolute atomic E-state index is 0.147. The third kappa shape index (κ3) is 3.32. The smallest absolute Gasteiger partial charge is 0.262 e. The summed E-state index contributed by atoms with van der Waals surface area (Å²) < 4.78 is 42.6. The number of halogens is 4. The van der Waals surface area contributed by atoms with Gasteiger partial charge in [-0.1, -0.05) is 28.1 Å². The SMILES string of the molecule is Cc1cc(-c2cnn3c(C(F)(F)F)cc(-c4ccc(Br)cc4)nc23)ccn1. The standard InChI is InChI=1S/C19H12BrF3N4/c1-11-8-13(6-7-24-11)15-10-25-27-17(19(21,22)23)9-16(26-18(15)27)12-2-4-14(20)5-3-12/h2-10H,1H3. The summed E-state index contributed by atoms with van der Waals surface area (Å²) >= 11 is 3.33. The van der Waals surface area contributed by atoms with Crippen molar-refractivity contribution in [3.05, 3.63) is 70.7 Å². The number of aryl methyl sites for hydroxylation is 1. The van der Waals surface area contributed by atoms with Crippen molar-refractivity contribution < 1.29 is 13.2 Å². The first-order valence-electron chi connectivity index (χ1n) is 7.98. The van der Waals surface area contributed by atoms with Crippen LogP contribution in [0, 0.1) is 6.92 Å². The van der Waals surface area contributed by atoms with Gasteiger partial charge in [-0.2, -0.15) is 18.3 Å². The number of aromatic nitrogens is 4. The molecule has 1 aromatic carbocycles. The first-order chi connectivity index (χ1) is 12.8. The van der Waals surface area contributed by atoms with Crippen molar-refractivity contribution in [3.63, 3.8) is 0 Å². The van der Waals surface area contributed by atoms with Crippen LogP contribution in [0.3, 0.4) is 0 Å². The largest absolute Gasteiger partial charge is 0.433 e. The second-order valence-electron chi connectivity index (χ2n) is 6.01. The Labute approximate surface area is 160 Å². The third-order valence-electron chi connectivity index (χ3n) is 4.11. The van der Waals surface area contributed by atoms with E-state index in [0.29, 0.717) is 16.7 Å². The Kier molecular flexibility index (Phi) is 4.22. The Bertz CT molecular complexity index is 1130. The number of pyridine rings is 1. The van der Waals surface area contributed by atoms with Crippen LogP contribution in [0.1, 0.15) is 11.4 Å². The zero-order valence-corrected chi connectivity index (χ0v) is 15.6. The highest BCUT2D eigenvalue weighted by atomic mass is 79.9. The second kappa shape index (κ2) is 6.45. The van der Waals surface area contributed by atoms with Crippen molar-refractivity contribution in [1.29, 1.82) is 0 Å². The number of hydrogen-bond donors (Lipinski definition) is 0. The lowest BCUT2D eigenvalue weighted by molar-refractivity contribution is -0.142. The molecular formula is C19H12BrF3N4. The Morgan fingerprint density at radius 1 is 1.00 bits per heavy atom. The topological polar surface area (TPSA) is 43.1 Å². The molecule has 0 spiro atoms. The minimum Gasteiger partial charge on any atom is -0.262 e. The van der Waals surface area contributed by atoms with Gasteiger partial charge >= 0.3 is 6.18 Å². The van der Waals surface area contributed by atoms with E-state index < -0.39 is 11.9 Å². The van der Waals surface area contributed by atoms with Gasteiger partial charge in [0.05, 0.1) is 11.9 Å². The molecule has 8 heteroatoms. The maximum absolute atomic E-state index is 13.6. The van der Waals surface area contributed by atoms with Crippen LogP contribution in [0.4, 0.5) is 13.2 Å². The van der Waals surface area contributed by atoms with E-state index >= 15 is 0 Å². The lowest BCUT2D eigenvalue weighted by Gasteiger charge is -2.12. The van der Waals surface area contributed by atoms with Crippen molar-refractivity contribution in [1.82, 2.24) is 19.6 Å². The van der Waals surface area contributed by atoms with Crippen molar-refractivity contribution in [2.24, 2.45) is 0 Å². The lowest BCUT2D eigenvalue weighted by Crippen LogP contribution is -2.13. The van der Waals surface area contributed by atoms with Crippen LogP contribution in [0.25, 0.3) is 28.0 Å². The fourth-order valence-electron chi connectivity index (χ4n) is 2.85. The highest BCUT2D eigenvalue weighted by molar-refractivity contribution is 9.10. The highest BCUT2D eigenvalue weighted by Crippen LogP contribution is 2.34. The summed E-state index contributed by atoms with van der Waals surface area (Å²) in [5.74, 6) is 0. The molecule has 4 nitrogen and oxygen atoms in total. The maximum Gasteiger partial charge on any atom is 0.433 e. The number of fused-ring (bicyclic) bond motifs is 1. The quantitative estimate of drug-likeness (QED) is 0.417. The van der Waals surface area contributed by atoms with Crippen LogP contribution in [0.2, 0.25) is 0 Å². The van der Waals surface area contributed by atoms with Crippen molar-refractivity contribution >= 4 is 21.6 Å². The van der Waals surface area contributed by atoms with Crippen LogP contribution in [0.15, 0.2) is 59.3 Å². The maximum atomic E-state index is 13.6. The van der Waals surface area contributed by atoms with Gasteiger partial charge in [0.2, 0.25) is 0 Å². The van der Waals surface area contributed by atoms with Gasteiger partial charge in [0.15, 0.2) is 11.3 Å². The molecule has 0 amide bonds. The summed E-state index contributed by atoms with van der Waals surface area (Å²) in [5, 5.41) is 3.95. The molecule has 0 fully saturated rings. The molecule has 3 aromatic heterocycles. The monoisotopic (exact) mass is 432 g/mol. The normalized spacial score (nSPS) is 11.9. The molecular weight excluding hydrogens is 421 g/mol. The molecule has 0 atom stereocenters. The molecule has 0 N–H and O–H groups in total. The Balaban J connectivity index is 2.01. The summed E-state index contributed by atoms with van der Waals surface area (Å²) in [7, 11) is 0. The molecule has 0 saturated carbocycles. The number of nitrogens with zero attached hydrogens (tertiary/aromatic N) is 4. The van der Waals surface area contributed by atoms with Gasteiger partial charge in [0.25, 0.3) is 0 Å². The average Bonchev–Trinajstić information content (AvgIpc) is 3.04. The van der Waals surface area contributed by atoms with Gasteiger partial charge in [-0.3, -0.25) is 4.98 Å². The predicted molar refractivity (Wildman–Crippen MR) is 99.1 cm³/mol. The second-order valence-corrected chi connectivity index (χ2v) is 6.93. The summed E-state index contributed by atoms with van der Waals surface area (Å²) in [5.41, 5.74) is 2.08. The minimum atomic E-state index is -4.57.